The molecule has 1 fully saturated rings. The van der Waals surface area contributed by atoms with Gasteiger partial charge in [-0.05, 0) is 37.6 Å². The van der Waals surface area contributed by atoms with Gasteiger partial charge >= 0.3 is 0 Å². The average molecular weight is 331 g/mol. The number of hydrogen-bond donors (Lipinski definition) is 2. The van der Waals surface area contributed by atoms with Gasteiger partial charge in [0.15, 0.2) is 0 Å². The molecular weight excluding hydrogens is 310 g/mol. The van der Waals surface area contributed by atoms with Gasteiger partial charge in [0.05, 0.1) is 6.42 Å². The lowest BCUT2D eigenvalue weighted by Crippen LogP contribution is -2.45. The zero-order chi connectivity index (χ0) is 16.3. The average Bonchev–Trinajstić information content (AvgIpc) is 3.13. The Labute approximate surface area is 140 Å². The highest BCUT2D eigenvalue weighted by Gasteiger charge is 2.36. The van der Waals surface area contributed by atoms with Crippen LogP contribution in [-0.2, 0) is 11.2 Å². The van der Waals surface area contributed by atoms with Crippen molar-refractivity contribution < 1.29 is 9.90 Å². The van der Waals surface area contributed by atoms with Crippen LogP contribution in [0, 0.1) is 6.92 Å². The van der Waals surface area contributed by atoms with Crippen molar-refractivity contribution in [2.75, 3.05) is 24.5 Å². The van der Waals surface area contributed by atoms with Crippen molar-refractivity contribution in [3.63, 3.8) is 0 Å². The molecule has 0 saturated carbocycles. The molecule has 0 aromatic carbocycles. The molecule has 1 aliphatic rings. The number of nitrogens with zero attached hydrogens (tertiary/aromatic N) is 2. The maximum absolute atomic E-state index is 12.0. The predicted octanol–water partition coefficient (Wildman–Crippen LogP) is 1.75. The molecule has 5 nitrogen and oxygen atoms in total. The summed E-state index contributed by atoms with van der Waals surface area (Å²) in [6, 6.07) is 9.74. The monoisotopic (exact) mass is 331 g/mol. The van der Waals surface area contributed by atoms with E-state index in [1.165, 1.54) is 4.88 Å². The molecule has 0 radical (unpaired) electrons. The summed E-state index contributed by atoms with van der Waals surface area (Å²) < 4.78 is 0. The number of thiophene rings is 1. The van der Waals surface area contributed by atoms with E-state index >= 15 is 0 Å². The van der Waals surface area contributed by atoms with E-state index in [1.807, 2.05) is 37.3 Å². The van der Waals surface area contributed by atoms with E-state index in [1.54, 1.807) is 17.5 Å². The highest BCUT2D eigenvalue weighted by atomic mass is 32.1. The van der Waals surface area contributed by atoms with E-state index < -0.39 is 5.60 Å². The van der Waals surface area contributed by atoms with Gasteiger partial charge in [0, 0.05) is 35.6 Å². The number of aliphatic hydroxyl groups is 1. The summed E-state index contributed by atoms with van der Waals surface area (Å²) in [7, 11) is 0. The molecule has 1 saturated heterocycles. The summed E-state index contributed by atoms with van der Waals surface area (Å²) in [6.07, 6.45) is 2.75. The molecular formula is C17H21N3O2S. The second kappa shape index (κ2) is 6.68. The highest BCUT2D eigenvalue weighted by molar-refractivity contribution is 7.12. The fourth-order valence-electron chi connectivity index (χ4n) is 2.80. The Morgan fingerprint density at radius 2 is 2.30 bits per heavy atom. The van der Waals surface area contributed by atoms with Gasteiger partial charge in [0.25, 0.3) is 0 Å². The molecule has 2 aromatic heterocycles. The van der Waals surface area contributed by atoms with Gasteiger partial charge in [0.2, 0.25) is 5.91 Å². The molecule has 0 aliphatic carbocycles. The Hall–Kier alpha value is -1.92. The Bertz CT molecular complexity index is 673. The number of nitrogens with one attached hydrogen (secondary N) is 1. The highest BCUT2D eigenvalue weighted by Crippen LogP contribution is 2.24. The Balaban J connectivity index is 1.51. The van der Waals surface area contributed by atoms with Crippen LogP contribution in [0.15, 0.2) is 36.5 Å². The number of carbonyl (C=O) groups is 1. The van der Waals surface area contributed by atoms with Crippen molar-refractivity contribution in [3.8, 4) is 0 Å². The van der Waals surface area contributed by atoms with E-state index in [0.717, 1.165) is 17.2 Å². The number of rotatable bonds is 5. The van der Waals surface area contributed by atoms with Crippen LogP contribution in [0.2, 0.25) is 0 Å². The number of carbonyl (C=O) groups excluding carboxylic acids is 1. The van der Waals surface area contributed by atoms with Crippen molar-refractivity contribution in [3.05, 3.63) is 46.3 Å². The summed E-state index contributed by atoms with van der Waals surface area (Å²) in [4.78, 5) is 20.6. The summed E-state index contributed by atoms with van der Waals surface area (Å²) in [6.45, 7) is 3.54. The van der Waals surface area contributed by atoms with Gasteiger partial charge in [-0.15, -0.1) is 11.3 Å². The predicted molar refractivity (Wildman–Crippen MR) is 91.8 cm³/mol. The molecule has 1 amide bonds. The first-order valence-electron chi connectivity index (χ1n) is 7.74. The van der Waals surface area contributed by atoms with E-state index in [4.69, 9.17) is 0 Å². The minimum absolute atomic E-state index is 0.0449. The third-order valence-electron chi connectivity index (χ3n) is 4.05. The second-order valence-electron chi connectivity index (χ2n) is 6.05. The van der Waals surface area contributed by atoms with E-state index in [9.17, 15) is 9.90 Å². The zero-order valence-electron chi connectivity index (χ0n) is 13.2. The van der Waals surface area contributed by atoms with E-state index in [-0.39, 0.29) is 12.5 Å². The normalized spacial score (nSPS) is 20.7. The zero-order valence-corrected chi connectivity index (χ0v) is 14.0. The first-order valence-corrected chi connectivity index (χ1v) is 8.56. The molecule has 3 rings (SSSR count). The molecule has 1 aliphatic heterocycles. The lowest BCUT2D eigenvalue weighted by molar-refractivity contribution is -0.121. The largest absolute Gasteiger partial charge is 0.386 e. The van der Waals surface area contributed by atoms with E-state index in [2.05, 4.69) is 15.2 Å². The first kappa shape index (κ1) is 16.0. The number of hydrogen-bond acceptors (Lipinski definition) is 5. The van der Waals surface area contributed by atoms with Crippen LogP contribution in [0.1, 0.15) is 16.2 Å². The van der Waals surface area contributed by atoms with Gasteiger partial charge in [-0.2, -0.15) is 0 Å². The van der Waals surface area contributed by atoms with Crippen LogP contribution >= 0.6 is 11.3 Å². The number of anilines is 1. The summed E-state index contributed by atoms with van der Waals surface area (Å²) in [5.41, 5.74) is -0.890. The van der Waals surface area contributed by atoms with Crippen LogP contribution in [0.4, 0.5) is 5.82 Å². The summed E-state index contributed by atoms with van der Waals surface area (Å²) >= 11 is 1.63. The Kier molecular flexibility index (Phi) is 4.63. The minimum Gasteiger partial charge on any atom is -0.386 e. The van der Waals surface area contributed by atoms with Gasteiger partial charge in [-0.1, -0.05) is 6.07 Å². The van der Waals surface area contributed by atoms with Crippen LogP contribution in [-0.4, -0.2) is 41.2 Å². The quantitative estimate of drug-likeness (QED) is 0.876. The maximum atomic E-state index is 12.0. The molecule has 23 heavy (non-hydrogen) atoms. The number of aryl methyl sites for hydroxylation is 1. The smallest absolute Gasteiger partial charge is 0.225 e. The van der Waals surface area contributed by atoms with Gasteiger partial charge in [0.1, 0.15) is 11.4 Å². The maximum Gasteiger partial charge on any atom is 0.225 e. The van der Waals surface area contributed by atoms with Gasteiger partial charge < -0.3 is 15.3 Å². The molecule has 2 aromatic rings. The molecule has 3 heterocycles. The van der Waals surface area contributed by atoms with Crippen LogP contribution in [0.5, 0.6) is 0 Å². The summed E-state index contributed by atoms with van der Waals surface area (Å²) in [5, 5.41) is 13.5. The Morgan fingerprint density at radius 1 is 1.43 bits per heavy atom. The topological polar surface area (TPSA) is 65.5 Å². The lowest BCUT2D eigenvalue weighted by atomic mass is 10.0. The Morgan fingerprint density at radius 3 is 3.00 bits per heavy atom. The third kappa shape index (κ3) is 4.09. The van der Waals surface area contributed by atoms with Crippen molar-refractivity contribution in [1.29, 1.82) is 0 Å². The second-order valence-corrected chi connectivity index (χ2v) is 7.42. The number of amides is 1. The van der Waals surface area contributed by atoms with Crippen LogP contribution < -0.4 is 10.2 Å². The standard InChI is InChI=1S/C17H21N3O2S/c1-13-5-6-14(23-13)10-16(21)19-11-17(22)7-9-20(12-17)15-4-2-3-8-18-15/h2-6,8,22H,7,9-12H2,1H3,(H,19,21)/t17-/m1/s1. The molecule has 1 atom stereocenters. The molecule has 6 heteroatoms. The molecule has 122 valence electrons. The van der Waals surface area contributed by atoms with Crippen molar-refractivity contribution >= 4 is 23.1 Å². The number of pyridine rings is 1. The SMILES string of the molecule is Cc1ccc(CC(=O)NC[C@]2(O)CCN(c3ccccn3)C2)s1. The van der Waals surface area contributed by atoms with Crippen molar-refractivity contribution in [2.24, 2.45) is 0 Å². The number of aromatic nitrogens is 1. The van der Waals surface area contributed by atoms with Gasteiger partial charge in [-0.25, -0.2) is 4.98 Å². The fraction of sp³-hybridized carbons (Fsp3) is 0.412. The van der Waals surface area contributed by atoms with Crippen molar-refractivity contribution in [1.82, 2.24) is 10.3 Å². The fourth-order valence-corrected chi connectivity index (χ4v) is 3.69. The molecule has 0 bridgehead atoms. The third-order valence-corrected chi connectivity index (χ3v) is 5.05. The first-order chi connectivity index (χ1) is 11.0. The minimum atomic E-state index is -0.890. The molecule has 0 unspecified atom stereocenters. The summed E-state index contributed by atoms with van der Waals surface area (Å²) in [5.74, 6) is 0.820. The van der Waals surface area contributed by atoms with E-state index in [0.29, 0.717) is 19.4 Å². The lowest BCUT2D eigenvalue weighted by Gasteiger charge is -2.24. The molecule has 0 spiro atoms. The molecule has 2 N–H and O–H groups in total. The van der Waals surface area contributed by atoms with Crippen molar-refractivity contribution in [2.45, 2.75) is 25.4 Å². The number of β-amino-alcohol motifs (C(OH)–C–C–N with tert-alkyl or cyclic N) is 1. The van der Waals surface area contributed by atoms with Crippen LogP contribution in [0.25, 0.3) is 0 Å². The van der Waals surface area contributed by atoms with Gasteiger partial charge in [-0.3, -0.25) is 4.79 Å². The van der Waals surface area contributed by atoms with Crippen LogP contribution in [0.3, 0.4) is 0 Å².